The van der Waals surface area contributed by atoms with Crippen LogP contribution in [0.3, 0.4) is 0 Å². The van der Waals surface area contributed by atoms with Crippen LogP contribution >= 0.6 is 0 Å². The molecule has 0 atom stereocenters. The van der Waals surface area contributed by atoms with Crippen LogP contribution in [-0.2, 0) is 22.4 Å². The van der Waals surface area contributed by atoms with Crippen molar-refractivity contribution in [2.75, 3.05) is 38.2 Å². The molecule has 2 aromatic rings. The molecule has 0 bridgehead atoms. The van der Waals surface area contributed by atoms with Crippen LogP contribution in [0.5, 0.6) is 0 Å². The van der Waals surface area contributed by atoms with E-state index in [1.54, 1.807) is 6.92 Å². The summed E-state index contributed by atoms with van der Waals surface area (Å²) in [5, 5.41) is 15.1. The average Bonchev–Trinajstić information content (AvgIpc) is 3.24. The van der Waals surface area contributed by atoms with Gasteiger partial charge in [0.2, 0.25) is 0 Å². The minimum absolute atomic E-state index is 0.333. The summed E-state index contributed by atoms with van der Waals surface area (Å²) in [7, 11) is 0. The highest BCUT2D eigenvalue weighted by atomic mass is 16.5. The average molecular weight is 386 g/mol. The van der Waals surface area contributed by atoms with Gasteiger partial charge in [0, 0.05) is 24.1 Å². The summed E-state index contributed by atoms with van der Waals surface area (Å²) in [6.07, 6.45) is 2.71. The second kappa shape index (κ2) is 7.21. The Labute approximate surface area is 163 Å². The molecule has 0 saturated carbocycles. The van der Waals surface area contributed by atoms with Crippen LogP contribution in [0.2, 0.25) is 0 Å². The highest BCUT2D eigenvalue weighted by Crippen LogP contribution is 2.37. The number of amides is 1. The second-order valence-electron chi connectivity index (χ2n) is 7.70. The van der Waals surface area contributed by atoms with Gasteiger partial charge in [-0.15, -0.1) is 0 Å². The Bertz CT molecular complexity index is 863. The fourth-order valence-corrected chi connectivity index (χ4v) is 4.49. The zero-order chi connectivity index (χ0) is 19.1. The van der Waals surface area contributed by atoms with Crippen molar-refractivity contribution in [3.05, 3.63) is 17.3 Å². The molecule has 0 radical (unpaired) electrons. The van der Waals surface area contributed by atoms with Crippen LogP contribution < -0.4 is 5.32 Å². The van der Waals surface area contributed by atoms with Gasteiger partial charge in [-0.05, 0) is 39.3 Å². The Balaban J connectivity index is 1.32. The highest BCUT2D eigenvalue weighted by molar-refractivity contribution is 5.84. The minimum Gasteiger partial charge on any atom is -0.450 e. The number of piperidine rings is 1. The lowest BCUT2D eigenvalue weighted by molar-refractivity contribution is -0.0713. The molecule has 2 aromatic heterocycles. The first-order valence-corrected chi connectivity index (χ1v) is 10.1. The highest BCUT2D eigenvalue weighted by Gasteiger charge is 2.33. The number of aromatic amines is 1. The number of likely N-dealkylation sites (tertiary alicyclic amines) is 1. The summed E-state index contributed by atoms with van der Waals surface area (Å²) in [5.74, 6) is 1.01. The molecule has 0 spiro atoms. The van der Waals surface area contributed by atoms with Crippen molar-refractivity contribution in [3.63, 3.8) is 0 Å². The third-order valence-corrected chi connectivity index (χ3v) is 6.07. The van der Waals surface area contributed by atoms with Crippen LogP contribution in [0.1, 0.15) is 36.9 Å². The van der Waals surface area contributed by atoms with Crippen LogP contribution in [0, 0.1) is 0 Å². The first-order chi connectivity index (χ1) is 13.7. The molecule has 5 rings (SSSR count). The van der Waals surface area contributed by atoms with Gasteiger partial charge in [0.15, 0.2) is 5.82 Å². The summed E-state index contributed by atoms with van der Waals surface area (Å²) in [4.78, 5) is 14.2. The number of fused-ring (bicyclic) bond motifs is 3. The van der Waals surface area contributed by atoms with Crippen molar-refractivity contribution in [1.29, 1.82) is 0 Å². The number of carbonyl (C=O) groups excluding carboxylic acids is 1. The lowest BCUT2D eigenvalue weighted by Crippen LogP contribution is -2.51. The number of rotatable bonds is 4. The lowest BCUT2D eigenvalue weighted by atomic mass is 9.88. The second-order valence-corrected chi connectivity index (χ2v) is 7.70. The summed E-state index contributed by atoms with van der Waals surface area (Å²) >= 11 is 0. The van der Waals surface area contributed by atoms with E-state index in [2.05, 4.69) is 20.4 Å². The van der Waals surface area contributed by atoms with Gasteiger partial charge in [0.1, 0.15) is 0 Å². The number of hydrogen-bond acceptors (Lipinski definition) is 6. The van der Waals surface area contributed by atoms with Crippen LogP contribution in [0.15, 0.2) is 6.07 Å². The number of H-pyrrole nitrogens is 1. The van der Waals surface area contributed by atoms with E-state index in [1.807, 2.05) is 10.7 Å². The Morgan fingerprint density at radius 3 is 2.89 bits per heavy atom. The molecule has 9 heteroatoms. The molecule has 2 fully saturated rings. The zero-order valence-electron chi connectivity index (χ0n) is 16.1. The van der Waals surface area contributed by atoms with E-state index >= 15 is 0 Å². The summed E-state index contributed by atoms with van der Waals surface area (Å²) in [5.41, 5.74) is 4.52. The van der Waals surface area contributed by atoms with Crippen LogP contribution in [0.4, 0.5) is 10.6 Å². The zero-order valence-corrected chi connectivity index (χ0v) is 16.1. The van der Waals surface area contributed by atoms with E-state index in [-0.39, 0.29) is 0 Å². The molecule has 28 heavy (non-hydrogen) atoms. The smallest absolute Gasteiger partial charge is 0.412 e. The van der Waals surface area contributed by atoms with Gasteiger partial charge in [-0.3, -0.25) is 20.0 Å². The largest absolute Gasteiger partial charge is 0.450 e. The molecule has 3 aliphatic heterocycles. The number of aryl methyl sites for hydroxylation is 1. The van der Waals surface area contributed by atoms with Crippen molar-refractivity contribution in [1.82, 2.24) is 24.9 Å². The van der Waals surface area contributed by atoms with Crippen LogP contribution in [-0.4, -0.2) is 69.9 Å². The molecule has 3 aliphatic rings. The van der Waals surface area contributed by atoms with Gasteiger partial charge in [0.05, 0.1) is 42.9 Å². The number of ether oxygens (including phenoxy) is 2. The first-order valence-electron chi connectivity index (χ1n) is 10.1. The SMILES string of the molecule is CCOC(=O)Nc1cc2n(n1)CCc1c(C3CCN(C4COC4)CC3)n[nH]c1-2. The number of nitrogens with one attached hydrogen (secondary N) is 2. The monoisotopic (exact) mass is 386 g/mol. The molecule has 0 unspecified atom stereocenters. The Morgan fingerprint density at radius 1 is 1.36 bits per heavy atom. The molecule has 5 heterocycles. The summed E-state index contributed by atoms with van der Waals surface area (Å²) in [6.45, 7) is 6.90. The summed E-state index contributed by atoms with van der Waals surface area (Å²) < 4.78 is 12.2. The Morgan fingerprint density at radius 2 is 2.18 bits per heavy atom. The number of nitrogens with zero attached hydrogens (tertiary/aromatic N) is 4. The topological polar surface area (TPSA) is 97.3 Å². The van der Waals surface area contributed by atoms with Gasteiger partial charge in [-0.2, -0.15) is 10.2 Å². The third kappa shape index (κ3) is 3.08. The molecule has 0 aliphatic carbocycles. The van der Waals surface area contributed by atoms with E-state index in [9.17, 15) is 4.79 Å². The molecule has 2 N–H and O–H groups in total. The molecule has 150 valence electrons. The minimum atomic E-state index is -0.480. The Kier molecular flexibility index (Phi) is 4.56. The molecule has 2 saturated heterocycles. The Hall–Kier alpha value is -2.39. The number of anilines is 1. The number of carbonyl (C=O) groups is 1. The van der Waals surface area contributed by atoms with Crippen molar-refractivity contribution < 1.29 is 14.3 Å². The summed E-state index contributed by atoms with van der Waals surface area (Å²) in [6, 6.07) is 2.50. The quantitative estimate of drug-likeness (QED) is 0.834. The number of hydrogen-bond donors (Lipinski definition) is 2. The standard InChI is InChI=1S/C19H26N6O3/c1-2-28-19(26)20-16-9-15-18-14(5-8-25(15)23-16)17(21-22-18)12-3-6-24(7-4-12)13-10-27-11-13/h9,12-13H,2-8,10-11H2,1H3,(H,21,22)(H,20,23,26). The predicted octanol–water partition coefficient (Wildman–Crippen LogP) is 1.98. The van der Waals surface area contributed by atoms with Crippen LogP contribution in [0.25, 0.3) is 11.4 Å². The molecular weight excluding hydrogens is 360 g/mol. The van der Waals surface area contributed by atoms with Gasteiger partial charge in [-0.1, -0.05) is 0 Å². The van der Waals surface area contributed by atoms with E-state index in [1.165, 1.54) is 11.3 Å². The molecule has 0 aromatic carbocycles. The van der Waals surface area contributed by atoms with E-state index in [0.29, 0.717) is 24.4 Å². The lowest BCUT2D eigenvalue weighted by Gasteiger charge is -2.41. The maximum absolute atomic E-state index is 11.7. The number of aromatic nitrogens is 4. The van der Waals surface area contributed by atoms with Gasteiger partial charge in [0.25, 0.3) is 0 Å². The maximum atomic E-state index is 11.7. The van der Waals surface area contributed by atoms with Gasteiger partial charge >= 0.3 is 6.09 Å². The normalized spacial score (nSPS) is 20.3. The molecule has 9 nitrogen and oxygen atoms in total. The van der Waals surface area contributed by atoms with Crippen molar-refractivity contribution in [3.8, 4) is 11.4 Å². The van der Waals surface area contributed by atoms with E-state index < -0.39 is 6.09 Å². The van der Waals surface area contributed by atoms with Crippen molar-refractivity contribution >= 4 is 11.9 Å². The fraction of sp³-hybridized carbons (Fsp3) is 0.632. The maximum Gasteiger partial charge on any atom is 0.412 e. The predicted molar refractivity (Wildman–Crippen MR) is 102 cm³/mol. The third-order valence-electron chi connectivity index (χ3n) is 6.07. The van der Waals surface area contributed by atoms with Crippen molar-refractivity contribution in [2.24, 2.45) is 0 Å². The molecular formula is C19H26N6O3. The van der Waals surface area contributed by atoms with E-state index in [4.69, 9.17) is 14.6 Å². The van der Waals surface area contributed by atoms with Gasteiger partial charge < -0.3 is 9.47 Å². The van der Waals surface area contributed by atoms with E-state index in [0.717, 1.165) is 63.5 Å². The fourth-order valence-electron chi connectivity index (χ4n) is 4.49. The van der Waals surface area contributed by atoms with Gasteiger partial charge in [-0.25, -0.2) is 4.79 Å². The molecule has 1 amide bonds. The first kappa shape index (κ1) is 17.7. The van der Waals surface area contributed by atoms with Crippen molar-refractivity contribution in [2.45, 2.75) is 44.7 Å².